The molecule has 6 heteroatoms. The Hall–Kier alpha value is -3.41. The molecule has 1 fully saturated rings. The third-order valence-electron chi connectivity index (χ3n) is 5.75. The van der Waals surface area contributed by atoms with Crippen LogP contribution < -0.4 is 0 Å². The van der Waals surface area contributed by atoms with E-state index in [2.05, 4.69) is 11.1 Å². The van der Waals surface area contributed by atoms with Crippen LogP contribution in [0.4, 0.5) is 8.78 Å². The van der Waals surface area contributed by atoms with Crippen molar-refractivity contribution in [3.05, 3.63) is 89.0 Å². The van der Waals surface area contributed by atoms with Crippen molar-refractivity contribution < 1.29 is 13.6 Å². The van der Waals surface area contributed by atoms with Gasteiger partial charge in [0.1, 0.15) is 17.5 Å². The molecule has 164 valence electrons. The summed E-state index contributed by atoms with van der Waals surface area (Å²) in [6.07, 6.45) is 6.26. The van der Waals surface area contributed by atoms with Crippen molar-refractivity contribution in [2.75, 3.05) is 13.1 Å². The monoisotopic (exact) mass is 433 g/mol. The number of carbonyl (C=O) groups is 1. The molecule has 0 bridgehead atoms. The molecular weight excluding hydrogens is 408 g/mol. The van der Waals surface area contributed by atoms with Crippen molar-refractivity contribution in [1.82, 2.24) is 14.9 Å². The molecule has 1 saturated heterocycles. The molecule has 1 aliphatic rings. The standard InChI is InChI=1S/C26H25F2N3O/c1-17-5-3-6-19(13-17)23-15-29-18(2)30-26(23)21-7-4-12-31(16-21)25(32)11-8-20-14-22(27)9-10-24(20)28/h3,5-6,8-11,13-15,21H,4,7,12,16H2,1-2H3/b11-8+. The molecule has 4 rings (SSSR count). The summed E-state index contributed by atoms with van der Waals surface area (Å²) in [6.45, 7) is 5.05. The Morgan fingerprint density at radius 1 is 1.16 bits per heavy atom. The number of carbonyl (C=O) groups excluding carboxylic acids is 1. The van der Waals surface area contributed by atoms with E-state index in [1.54, 1.807) is 4.90 Å². The van der Waals surface area contributed by atoms with Crippen LogP contribution in [0, 0.1) is 25.5 Å². The van der Waals surface area contributed by atoms with Crippen LogP contribution in [-0.4, -0.2) is 33.9 Å². The van der Waals surface area contributed by atoms with Gasteiger partial charge in [-0.2, -0.15) is 0 Å². The number of halogens is 2. The first-order valence-electron chi connectivity index (χ1n) is 10.7. The second-order valence-corrected chi connectivity index (χ2v) is 8.21. The van der Waals surface area contributed by atoms with Crippen LogP contribution in [0.3, 0.4) is 0 Å². The lowest BCUT2D eigenvalue weighted by Gasteiger charge is -2.32. The summed E-state index contributed by atoms with van der Waals surface area (Å²) < 4.78 is 27.3. The fraction of sp³-hybridized carbons (Fsp3) is 0.269. The Bertz CT molecular complexity index is 1180. The van der Waals surface area contributed by atoms with Gasteiger partial charge in [0.15, 0.2) is 0 Å². The van der Waals surface area contributed by atoms with Gasteiger partial charge in [0.05, 0.1) is 5.69 Å². The summed E-state index contributed by atoms with van der Waals surface area (Å²) in [5, 5.41) is 0. The minimum absolute atomic E-state index is 0.0556. The highest BCUT2D eigenvalue weighted by Crippen LogP contribution is 2.33. The van der Waals surface area contributed by atoms with E-state index in [9.17, 15) is 13.6 Å². The van der Waals surface area contributed by atoms with Gasteiger partial charge in [0.2, 0.25) is 5.91 Å². The zero-order chi connectivity index (χ0) is 22.7. The van der Waals surface area contributed by atoms with E-state index < -0.39 is 11.6 Å². The number of likely N-dealkylation sites (tertiary alicyclic amines) is 1. The predicted octanol–water partition coefficient (Wildman–Crippen LogP) is 5.46. The SMILES string of the molecule is Cc1cccc(-c2cnc(C)nc2C2CCCN(C(=O)/C=C/c3cc(F)ccc3F)C2)c1. The number of aryl methyl sites for hydroxylation is 2. The second-order valence-electron chi connectivity index (χ2n) is 8.21. The van der Waals surface area contributed by atoms with Crippen molar-refractivity contribution in [2.24, 2.45) is 0 Å². The van der Waals surface area contributed by atoms with Crippen LogP contribution >= 0.6 is 0 Å². The van der Waals surface area contributed by atoms with E-state index >= 15 is 0 Å². The lowest BCUT2D eigenvalue weighted by molar-refractivity contribution is -0.127. The highest BCUT2D eigenvalue weighted by Gasteiger charge is 2.27. The molecule has 2 heterocycles. The maximum absolute atomic E-state index is 13.9. The fourth-order valence-corrected chi connectivity index (χ4v) is 4.14. The zero-order valence-electron chi connectivity index (χ0n) is 18.2. The molecule has 1 atom stereocenters. The van der Waals surface area contributed by atoms with Crippen molar-refractivity contribution in [1.29, 1.82) is 0 Å². The topological polar surface area (TPSA) is 46.1 Å². The van der Waals surface area contributed by atoms with Crippen molar-refractivity contribution >= 4 is 12.0 Å². The highest BCUT2D eigenvalue weighted by atomic mass is 19.1. The van der Waals surface area contributed by atoms with Crippen molar-refractivity contribution in [3.63, 3.8) is 0 Å². The first-order chi connectivity index (χ1) is 15.4. The first kappa shape index (κ1) is 21.8. The average molecular weight is 434 g/mol. The van der Waals surface area contributed by atoms with E-state index in [-0.39, 0.29) is 17.4 Å². The molecule has 1 aliphatic heterocycles. The van der Waals surface area contributed by atoms with Crippen molar-refractivity contribution in [2.45, 2.75) is 32.6 Å². The highest BCUT2D eigenvalue weighted by molar-refractivity contribution is 5.92. The second kappa shape index (κ2) is 9.39. The summed E-state index contributed by atoms with van der Waals surface area (Å²) in [7, 11) is 0. The fourth-order valence-electron chi connectivity index (χ4n) is 4.14. The van der Waals surface area contributed by atoms with Gasteiger partial charge < -0.3 is 4.90 Å². The van der Waals surface area contributed by atoms with E-state index in [0.717, 1.165) is 53.4 Å². The van der Waals surface area contributed by atoms with Gasteiger partial charge in [-0.25, -0.2) is 18.7 Å². The molecule has 0 radical (unpaired) electrons. The largest absolute Gasteiger partial charge is 0.338 e. The lowest BCUT2D eigenvalue weighted by Crippen LogP contribution is -2.38. The number of piperidine rings is 1. The Kier molecular flexibility index (Phi) is 6.40. The van der Waals surface area contributed by atoms with Gasteiger partial charge >= 0.3 is 0 Å². The summed E-state index contributed by atoms with van der Waals surface area (Å²) >= 11 is 0. The number of nitrogens with zero attached hydrogens (tertiary/aromatic N) is 3. The molecule has 1 unspecified atom stereocenters. The van der Waals surface area contributed by atoms with Gasteiger partial charge in [-0.3, -0.25) is 4.79 Å². The summed E-state index contributed by atoms with van der Waals surface area (Å²) in [4.78, 5) is 23.7. The molecule has 32 heavy (non-hydrogen) atoms. The van der Waals surface area contributed by atoms with Crippen LogP contribution in [0.1, 0.15) is 41.4 Å². The van der Waals surface area contributed by atoms with E-state index in [1.165, 1.54) is 12.2 Å². The number of aromatic nitrogens is 2. The number of hydrogen-bond acceptors (Lipinski definition) is 3. The van der Waals surface area contributed by atoms with Crippen LogP contribution in [0.2, 0.25) is 0 Å². The van der Waals surface area contributed by atoms with E-state index in [1.807, 2.05) is 38.2 Å². The smallest absolute Gasteiger partial charge is 0.246 e. The van der Waals surface area contributed by atoms with Gasteiger partial charge in [-0.1, -0.05) is 29.8 Å². The van der Waals surface area contributed by atoms with Crippen LogP contribution in [0.15, 0.2) is 54.7 Å². The number of benzene rings is 2. The maximum atomic E-state index is 13.9. The quantitative estimate of drug-likeness (QED) is 0.514. The molecule has 4 nitrogen and oxygen atoms in total. The summed E-state index contributed by atoms with van der Waals surface area (Å²) in [6, 6.07) is 11.4. The van der Waals surface area contributed by atoms with Crippen LogP contribution in [0.25, 0.3) is 17.2 Å². The molecule has 0 aliphatic carbocycles. The lowest BCUT2D eigenvalue weighted by atomic mass is 9.89. The predicted molar refractivity (Wildman–Crippen MR) is 121 cm³/mol. The Morgan fingerprint density at radius 2 is 2.00 bits per heavy atom. The van der Waals surface area contributed by atoms with Crippen LogP contribution in [0.5, 0.6) is 0 Å². The maximum Gasteiger partial charge on any atom is 0.246 e. The molecule has 2 aromatic carbocycles. The third-order valence-corrected chi connectivity index (χ3v) is 5.75. The molecule has 0 saturated carbocycles. The molecule has 1 amide bonds. The van der Waals surface area contributed by atoms with Gasteiger partial charge in [0.25, 0.3) is 0 Å². The minimum Gasteiger partial charge on any atom is -0.338 e. The zero-order valence-corrected chi connectivity index (χ0v) is 18.2. The minimum atomic E-state index is -0.564. The Morgan fingerprint density at radius 3 is 2.81 bits per heavy atom. The first-order valence-corrected chi connectivity index (χ1v) is 10.7. The van der Waals surface area contributed by atoms with Gasteiger partial charge in [-0.15, -0.1) is 0 Å². The molecule has 3 aromatic rings. The average Bonchev–Trinajstić information content (AvgIpc) is 2.79. The number of amides is 1. The van der Waals surface area contributed by atoms with Crippen molar-refractivity contribution in [3.8, 4) is 11.1 Å². The summed E-state index contributed by atoms with van der Waals surface area (Å²) in [5.74, 6) is -0.558. The van der Waals surface area contributed by atoms with E-state index in [0.29, 0.717) is 18.9 Å². The molecule has 0 spiro atoms. The Labute approximate surface area is 186 Å². The van der Waals surface area contributed by atoms with E-state index in [4.69, 9.17) is 4.98 Å². The van der Waals surface area contributed by atoms with Crippen LogP contribution in [-0.2, 0) is 4.79 Å². The number of hydrogen-bond donors (Lipinski definition) is 0. The molecule has 1 aromatic heterocycles. The van der Waals surface area contributed by atoms with Gasteiger partial charge in [-0.05, 0) is 56.5 Å². The third kappa shape index (κ3) is 4.90. The molecule has 0 N–H and O–H groups in total. The molecular formula is C26H25F2N3O. The normalized spacial score (nSPS) is 16.5. The summed E-state index contributed by atoms with van der Waals surface area (Å²) in [5.41, 5.74) is 4.20. The number of rotatable bonds is 4. The van der Waals surface area contributed by atoms with Gasteiger partial charge in [0, 0.05) is 42.4 Å². The Balaban J connectivity index is 1.57.